The van der Waals surface area contributed by atoms with Gasteiger partial charge < -0.3 is 9.57 Å². The molecule has 0 bridgehead atoms. The molecular weight excluding hydrogens is 386 g/mol. The van der Waals surface area contributed by atoms with Gasteiger partial charge in [-0.15, -0.1) is 0 Å². The Hall–Kier alpha value is -2.58. The van der Waals surface area contributed by atoms with Crippen LogP contribution in [-0.4, -0.2) is 44.0 Å². The van der Waals surface area contributed by atoms with Crippen LogP contribution in [-0.2, 0) is 4.84 Å². The first-order valence-corrected chi connectivity index (χ1v) is 11.4. The average molecular weight is 420 g/mol. The standard InChI is InChI=1S/C26H33N3O2/c1-26(18-27)12-10-23(11-13-26)29-14-4-5-22(17-29)25(28-31-3)21-7-6-20-16-24(30-2)9-8-19(20)15-21/h6-9,15-16,22-23H,4-5,10-14,17H2,1-3H3/b28-25-. The van der Waals surface area contributed by atoms with Gasteiger partial charge in [0.05, 0.1) is 24.3 Å². The van der Waals surface area contributed by atoms with Crippen LogP contribution in [0.2, 0.25) is 0 Å². The molecule has 1 aliphatic heterocycles. The van der Waals surface area contributed by atoms with Crippen molar-refractivity contribution in [3.63, 3.8) is 0 Å². The maximum atomic E-state index is 9.45. The number of methoxy groups -OCH3 is 1. The van der Waals surface area contributed by atoms with E-state index in [0.717, 1.165) is 67.6 Å². The van der Waals surface area contributed by atoms with Crippen molar-refractivity contribution in [2.45, 2.75) is 51.5 Å². The van der Waals surface area contributed by atoms with Crippen molar-refractivity contribution < 1.29 is 9.57 Å². The number of hydrogen-bond acceptors (Lipinski definition) is 5. The van der Waals surface area contributed by atoms with Crippen molar-refractivity contribution >= 4 is 16.5 Å². The van der Waals surface area contributed by atoms with Gasteiger partial charge in [-0.05, 0) is 81.0 Å². The molecule has 31 heavy (non-hydrogen) atoms. The molecule has 2 fully saturated rings. The van der Waals surface area contributed by atoms with Crippen LogP contribution in [0.3, 0.4) is 0 Å². The maximum Gasteiger partial charge on any atom is 0.119 e. The molecule has 2 aromatic rings. The molecule has 164 valence electrons. The summed E-state index contributed by atoms with van der Waals surface area (Å²) in [5, 5.41) is 16.3. The molecule has 1 saturated heterocycles. The molecule has 2 aromatic carbocycles. The van der Waals surface area contributed by atoms with Crippen molar-refractivity contribution in [3.8, 4) is 11.8 Å². The molecule has 1 heterocycles. The van der Waals surface area contributed by atoms with Crippen LogP contribution in [0.25, 0.3) is 10.8 Å². The summed E-state index contributed by atoms with van der Waals surface area (Å²) in [5.74, 6) is 1.22. The zero-order valence-electron chi connectivity index (χ0n) is 18.9. The van der Waals surface area contributed by atoms with Gasteiger partial charge >= 0.3 is 0 Å². The molecule has 1 unspecified atom stereocenters. The Morgan fingerprint density at radius 1 is 1.10 bits per heavy atom. The van der Waals surface area contributed by atoms with Gasteiger partial charge in [-0.25, -0.2) is 0 Å². The Kier molecular flexibility index (Phi) is 6.48. The second-order valence-electron chi connectivity index (χ2n) is 9.32. The summed E-state index contributed by atoms with van der Waals surface area (Å²) >= 11 is 0. The van der Waals surface area contributed by atoms with Gasteiger partial charge in [0.25, 0.3) is 0 Å². The quantitative estimate of drug-likeness (QED) is 0.482. The van der Waals surface area contributed by atoms with E-state index in [2.05, 4.69) is 53.4 Å². The predicted octanol–water partition coefficient (Wildman–Crippen LogP) is 5.38. The molecule has 0 amide bonds. The Bertz CT molecular complexity index is 986. The molecule has 1 aliphatic carbocycles. The first kappa shape index (κ1) is 21.6. The van der Waals surface area contributed by atoms with Gasteiger partial charge in [-0.1, -0.05) is 23.4 Å². The summed E-state index contributed by atoms with van der Waals surface area (Å²) < 4.78 is 5.36. The minimum atomic E-state index is -0.137. The first-order valence-electron chi connectivity index (χ1n) is 11.4. The number of nitriles is 1. The van der Waals surface area contributed by atoms with Gasteiger partial charge in [0, 0.05) is 24.1 Å². The van der Waals surface area contributed by atoms with Crippen molar-refractivity contribution in [3.05, 3.63) is 42.0 Å². The van der Waals surface area contributed by atoms with E-state index in [1.165, 1.54) is 11.8 Å². The summed E-state index contributed by atoms with van der Waals surface area (Å²) in [7, 11) is 3.33. The van der Waals surface area contributed by atoms with E-state index < -0.39 is 0 Å². The first-order chi connectivity index (χ1) is 15.0. The molecule has 0 N–H and O–H groups in total. The average Bonchev–Trinajstić information content (AvgIpc) is 2.82. The fourth-order valence-corrected chi connectivity index (χ4v) is 5.25. The van der Waals surface area contributed by atoms with Crippen molar-refractivity contribution in [2.24, 2.45) is 16.5 Å². The maximum absolute atomic E-state index is 9.45. The number of nitrogens with zero attached hydrogens (tertiary/aromatic N) is 3. The lowest BCUT2D eigenvalue weighted by Crippen LogP contribution is -2.47. The molecular formula is C26H33N3O2. The van der Waals surface area contributed by atoms with Crippen LogP contribution < -0.4 is 4.74 Å². The highest BCUT2D eigenvalue weighted by atomic mass is 16.6. The Labute approximate surface area is 185 Å². The lowest BCUT2D eigenvalue weighted by Gasteiger charge is -2.42. The Morgan fingerprint density at radius 2 is 1.84 bits per heavy atom. The lowest BCUT2D eigenvalue weighted by atomic mass is 9.74. The van der Waals surface area contributed by atoms with Crippen molar-refractivity contribution in [1.82, 2.24) is 4.90 Å². The molecule has 5 heteroatoms. The van der Waals surface area contributed by atoms with E-state index in [-0.39, 0.29) is 5.41 Å². The molecule has 0 spiro atoms. The molecule has 0 radical (unpaired) electrons. The largest absolute Gasteiger partial charge is 0.497 e. The molecule has 2 aliphatic rings. The fraction of sp³-hybridized carbons (Fsp3) is 0.538. The van der Waals surface area contributed by atoms with Gasteiger partial charge in [-0.3, -0.25) is 4.90 Å². The van der Waals surface area contributed by atoms with E-state index in [1.807, 2.05) is 6.07 Å². The third kappa shape index (κ3) is 4.70. The summed E-state index contributed by atoms with van der Waals surface area (Å²) in [4.78, 5) is 7.94. The number of piperidine rings is 1. The minimum Gasteiger partial charge on any atom is -0.497 e. The van der Waals surface area contributed by atoms with E-state index in [0.29, 0.717) is 12.0 Å². The Balaban J connectivity index is 1.52. The molecule has 4 rings (SSSR count). The molecule has 0 aromatic heterocycles. The zero-order chi connectivity index (χ0) is 21.8. The third-order valence-corrected chi connectivity index (χ3v) is 7.22. The number of fused-ring (bicyclic) bond motifs is 1. The van der Waals surface area contributed by atoms with Crippen LogP contribution in [0.15, 0.2) is 41.6 Å². The molecule has 1 saturated carbocycles. The minimum absolute atomic E-state index is 0.137. The van der Waals surface area contributed by atoms with Crippen LogP contribution in [0, 0.1) is 22.7 Å². The van der Waals surface area contributed by atoms with Crippen LogP contribution in [0.5, 0.6) is 5.75 Å². The van der Waals surface area contributed by atoms with Crippen LogP contribution in [0.1, 0.15) is 51.0 Å². The third-order valence-electron chi connectivity index (χ3n) is 7.22. The second kappa shape index (κ2) is 9.28. The predicted molar refractivity (Wildman–Crippen MR) is 124 cm³/mol. The molecule has 1 atom stereocenters. The topological polar surface area (TPSA) is 57.9 Å². The van der Waals surface area contributed by atoms with Crippen molar-refractivity contribution in [2.75, 3.05) is 27.3 Å². The summed E-state index contributed by atoms with van der Waals surface area (Å²) in [6, 6.07) is 15.8. The number of hydrogen-bond donors (Lipinski definition) is 0. The normalized spacial score (nSPS) is 27.6. The lowest BCUT2D eigenvalue weighted by molar-refractivity contribution is 0.0905. The van der Waals surface area contributed by atoms with Gasteiger partial charge in [0.1, 0.15) is 12.9 Å². The van der Waals surface area contributed by atoms with Gasteiger partial charge in [0.15, 0.2) is 0 Å². The smallest absolute Gasteiger partial charge is 0.119 e. The number of rotatable bonds is 5. The Morgan fingerprint density at radius 3 is 2.55 bits per heavy atom. The summed E-state index contributed by atoms with van der Waals surface area (Å²) in [6.45, 7) is 4.26. The summed E-state index contributed by atoms with van der Waals surface area (Å²) in [6.07, 6.45) is 6.54. The van der Waals surface area contributed by atoms with E-state index in [9.17, 15) is 5.26 Å². The van der Waals surface area contributed by atoms with Crippen LogP contribution >= 0.6 is 0 Å². The second-order valence-corrected chi connectivity index (χ2v) is 9.32. The number of oxime groups is 1. The summed E-state index contributed by atoms with van der Waals surface area (Å²) in [5.41, 5.74) is 2.04. The van der Waals surface area contributed by atoms with E-state index in [1.54, 1.807) is 14.2 Å². The van der Waals surface area contributed by atoms with Gasteiger partial charge in [0.2, 0.25) is 0 Å². The highest BCUT2D eigenvalue weighted by molar-refractivity contribution is 6.04. The highest BCUT2D eigenvalue weighted by Gasteiger charge is 2.36. The number of likely N-dealkylation sites (tertiary alicyclic amines) is 1. The zero-order valence-corrected chi connectivity index (χ0v) is 18.9. The van der Waals surface area contributed by atoms with Crippen molar-refractivity contribution in [1.29, 1.82) is 5.26 Å². The van der Waals surface area contributed by atoms with E-state index in [4.69, 9.17) is 9.57 Å². The molecule has 5 nitrogen and oxygen atoms in total. The van der Waals surface area contributed by atoms with E-state index >= 15 is 0 Å². The number of ether oxygens (including phenoxy) is 1. The monoisotopic (exact) mass is 419 g/mol. The van der Waals surface area contributed by atoms with Crippen LogP contribution in [0.4, 0.5) is 0 Å². The van der Waals surface area contributed by atoms with Gasteiger partial charge in [-0.2, -0.15) is 5.26 Å². The SMILES string of the molecule is CO/N=C(/c1ccc2cc(OC)ccc2c1)C1CCCN(C2CCC(C)(C#N)CC2)C1. The fourth-order valence-electron chi connectivity index (χ4n) is 5.25. The number of benzene rings is 2. The highest BCUT2D eigenvalue weighted by Crippen LogP contribution is 2.38.